The Morgan fingerprint density at radius 3 is 2.33 bits per heavy atom. The molecular formula is C27H27F3N4O4S. The average Bonchev–Trinajstić information content (AvgIpc) is 3.34. The van der Waals surface area contributed by atoms with Crippen molar-refractivity contribution in [2.75, 3.05) is 18.4 Å². The number of amides is 1. The Balaban J connectivity index is 1.23. The normalized spacial score (nSPS) is 20.1. The van der Waals surface area contributed by atoms with Crippen LogP contribution >= 0.6 is 0 Å². The first-order valence-electron chi connectivity index (χ1n) is 12.4. The lowest BCUT2D eigenvalue weighted by Crippen LogP contribution is -2.51. The molecule has 3 aromatic rings. The number of aromatic nitrogens is 1. The van der Waals surface area contributed by atoms with Gasteiger partial charge in [0.15, 0.2) is 0 Å². The van der Waals surface area contributed by atoms with E-state index in [-0.39, 0.29) is 36.1 Å². The Morgan fingerprint density at radius 1 is 1.03 bits per heavy atom. The largest absolute Gasteiger partial charge is 0.417 e. The van der Waals surface area contributed by atoms with E-state index in [1.54, 1.807) is 24.0 Å². The van der Waals surface area contributed by atoms with Gasteiger partial charge in [0, 0.05) is 39.3 Å². The van der Waals surface area contributed by atoms with E-state index in [1.807, 2.05) is 18.2 Å². The number of nitrogens with one attached hydrogen (secondary N) is 1. The highest BCUT2D eigenvalue weighted by Gasteiger charge is 2.35. The van der Waals surface area contributed by atoms with Crippen LogP contribution in [0, 0.1) is 0 Å². The number of hydrogen-bond acceptors (Lipinski definition) is 6. The number of alkyl halides is 3. The van der Waals surface area contributed by atoms with Crippen molar-refractivity contribution >= 4 is 21.7 Å². The van der Waals surface area contributed by atoms with Crippen LogP contribution in [-0.4, -0.2) is 58.9 Å². The van der Waals surface area contributed by atoms with Crippen molar-refractivity contribution in [2.24, 2.45) is 0 Å². The Bertz CT molecular complexity index is 1480. The number of carbonyl (C=O) groups is 1. The molecule has 1 fully saturated rings. The standard InChI is InChI=1S/C27H27F3N4O4S/c1-17(35)33-14-20-3-2-19(12-21(20)15-33)18-4-7-23(8-5-18)39(37,38)34-11-10-24(25(36)16-34)32-26-9-6-22(13-31-26)27(28,29)30/h2-9,12-13,24-25,36H,10-11,14-16H2,1H3,(H,31,32)/t24-,25+/m1/s1. The molecule has 1 aromatic heterocycles. The van der Waals surface area contributed by atoms with Gasteiger partial charge in [-0.1, -0.05) is 24.3 Å². The predicted octanol–water partition coefficient (Wildman–Crippen LogP) is 3.87. The number of β-amino-alcohol motifs (C(OH)–C–C–N with tert-alkyl or cyclic N) is 1. The van der Waals surface area contributed by atoms with Crippen LogP contribution in [0.15, 0.2) is 65.7 Å². The second-order valence-electron chi connectivity index (χ2n) is 9.78. The van der Waals surface area contributed by atoms with Gasteiger partial charge in [0.25, 0.3) is 0 Å². The third kappa shape index (κ3) is 5.63. The van der Waals surface area contributed by atoms with Crippen LogP contribution in [0.4, 0.5) is 19.0 Å². The first-order chi connectivity index (χ1) is 18.4. The van der Waals surface area contributed by atoms with E-state index in [4.69, 9.17) is 0 Å². The lowest BCUT2D eigenvalue weighted by Gasteiger charge is -2.35. The molecule has 39 heavy (non-hydrogen) atoms. The maximum Gasteiger partial charge on any atom is 0.417 e. The van der Waals surface area contributed by atoms with Gasteiger partial charge in [-0.3, -0.25) is 4.79 Å². The van der Waals surface area contributed by atoms with Crippen molar-refractivity contribution in [3.05, 3.63) is 77.5 Å². The molecule has 2 N–H and O–H groups in total. The minimum absolute atomic E-state index is 0.0171. The fourth-order valence-corrected chi connectivity index (χ4v) is 6.36. The van der Waals surface area contributed by atoms with Crippen LogP contribution < -0.4 is 5.32 Å². The summed E-state index contributed by atoms with van der Waals surface area (Å²) in [5.74, 6) is 0.183. The number of anilines is 1. The van der Waals surface area contributed by atoms with Crippen LogP contribution in [0.2, 0.25) is 0 Å². The van der Waals surface area contributed by atoms with E-state index in [9.17, 15) is 31.5 Å². The second-order valence-corrected chi connectivity index (χ2v) is 11.7. The Hall–Kier alpha value is -3.48. The zero-order valence-electron chi connectivity index (χ0n) is 21.0. The van der Waals surface area contributed by atoms with Gasteiger partial charge in [-0.15, -0.1) is 0 Å². The fourth-order valence-electron chi connectivity index (χ4n) is 4.89. The number of hydrogen-bond donors (Lipinski definition) is 2. The second kappa shape index (κ2) is 10.2. The molecule has 0 saturated carbocycles. The molecule has 0 radical (unpaired) electrons. The molecule has 0 spiro atoms. The summed E-state index contributed by atoms with van der Waals surface area (Å²) in [7, 11) is -3.88. The monoisotopic (exact) mass is 560 g/mol. The van der Waals surface area contributed by atoms with Crippen molar-refractivity contribution in [1.29, 1.82) is 0 Å². The third-order valence-corrected chi connectivity index (χ3v) is 9.05. The van der Waals surface area contributed by atoms with Crippen LogP contribution in [0.1, 0.15) is 30.0 Å². The molecule has 206 valence electrons. The van der Waals surface area contributed by atoms with Gasteiger partial charge in [-0.2, -0.15) is 17.5 Å². The van der Waals surface area contributed by atoms with Gasteiger partial charge in [0.2, 0.25) is 15.9 Å². The molecule has 0 bridgehead atoms. The summed E-state index contributed by atoms with van der Waals surface area (Å²) in [6.07, 6.45) is -4.63. The number of rotatable bonds is 5. The first-order valence-corrected chi connectivity index (χ1v) is 13.8. The van der Waals surface area contributed by atoms with E-state index < -0.39 is 33.9 Å². The predicted molar refractivity (Wildman–Crippen MR) is 138 cm³/mol. The number of piperidine rings is 1. The van der Waals surface area contributed by atoms with Crippen LogP contribution in [0.3, 0.4) is 0 Å². The van der Waals surface area contributed by atoms with Gasteiger partial charge in [0.1, 0.15) is 5.82 Å². The summed E-state index contributed by atoms with van der Waals surface area (Å²) in [6, 6.07) is 14.0. The van der Waals surface area contributed by atoms with Gasteiger partial charge < -0.3 is 15.3 Å². The third-order valence-electron chi connectivity index (χ3n) is 7.17. The van der Waals surface area contributed by atoms with Crippen LogP contribution in [0.5, 0.6) is 0 Å². The van der Waals surface area contributed by atoms with Crippen molar-refractivity contribution in [3.63, 3.8) is 0 Å². The van der Waals surface area contributed by atoms with E-state index in [1.165, 1.54) is 22.5 Å². The maximum atomic E-state index is 13.3. The minimum atomic E-state index is -4.50. The minimum Gasteiger partial charge on any atom is -0.390 e. The van der Waals surface area contributed by atoms with Gasteiger partial charge in [-0.25, -0.2) is 13.4 Å². The molecule has 2 aromatic carbocycles. The SMILES string of the molecule is CC(=O)N1Cc2ccc(-c3ccc(S(=O)(=O)N4CC[C@@H](Nc5ccc(C(F)(F)F)cn5)[C@@H](O)C4)cc3)cc2C1. The topological polar surface area (TPSA) is 103 Å². The fraction of sp³-hybridized carbons (Fsp3) is 0.333. The van der Waals surface area contributed by atoms with Crippen LogP contribution in [0.25, 0.3) is 11.1 Å². The number of pyridine rings is 1. The van der Waals surface area contributed by atoms with Crippen molar-refractivity contribution in [1.82, 2.24) is 14.2 Å². The molecule has 2 aliphatic heterocycles. The molecule has 3 heterocycles. The summed E-state index contributed by atoms with van der Waals surface area (Å²) in [5, 5.41) is 13.5. The number of sulfonamides is 1. The highest BCUT2D eigenvalue weighted by atomic mass is 32.2. The number of aliphatic hydroxyl groups excluding tert-OH is 1. The quantitative estimate of drug-likeness (QED) is 0.491. The number of aliphatic hydroxyl groups is 1. The highest BCUT2D eigenvalue weighted by Crippen LogP contribution is 2.31. The van der Waals surface area contributed by atoms with E-state index in [0.717, 1.165) is 28.3 Å². The van der Waals surface area contributed by atoms with E-state index >= 15 is 0 Å². The number of benzene rings is 2. The molecule has 1 saturated heterocycles. The molecule has 12 heteroatoms. The highest BCUT2D eigenvalue weighted by molar-refractivity contribution is 7.89. The molecule has 5 rings (SSSR count). The number of fused-ring (bicyclic) bond motifs is 1. The summed E-state index contributed by atoms with van der Waals surface area (Å²) < 4.78 is 66.0. The van der Waals surface area contributed by atoms with E-state index in [0.29, 0.717) is 19.3 Å². The zero-order chi connectivity index (χ0) is 27.9. The van der Waals surface area contributed by atoms with Crippen molar-refractivity contribution < 1.29 is 31.5 Å². The van der Waals surface area contributed by atoms with E-state index in [2.05, 4.69) is 10.3 Å². The van der Waals surface area contributed by atoms with Crippen molar-refractivity contribution in [2.45, 2.75) is 49.7 Å². The molecule has 0 aliphatic carbocycles. The number of halogens is 3. The lowest BCUT2D eigenvalue weighted by molar-refractivity contribution is -0.137. The Kier molecular flexibility index (Phi) is 7.12. The smallest absolute Gasteiger partial charge is 0.390 e. The first kappa shape index (κ1) is 27.1. The lowest BCUT2D eigenvalue weighted by atomic mass is 10.0. The van der Waals surface area contributed by atoms with Gasteiger partial charge >= 0.3 is 6.18 Å². The molecule has 8 nitrogen and oxygen atoms in total. The summed E-state index contributed by atoms with van der Waals surface area (Å²) in [4.78, 5) is 17.3. The Morgan fingerprint density at radius 2 is 1.72 bits per heavy atom. The molecule has 1 amide bonds. The molecule has 0 unspecified atom stereocenters. The number of carbonyl (C=O) groups excluding carboxylic acids is 1. The zero-order valence-corrected chi connectivity index (χ0v) is 21.8. The summed E-state index contributed by atoms with van der Waals surface area (Å²) >= 11 is 0. The molecule has 2 aliphatic rings. The Labute approximate surface area is 224 Å². The van der Waals surface area contributed by atoms with Gasteiger partial charge in [-0.05, 0) is 59.0 Å². The molecule has 2 atom stereocenters. The van der Waals surface area contributed by atoms with Crippen LogP contribution in [-0.2, 0) is 34.1 Å². The summed E-state index contributed by atoms with van der Waals surface area (Å²) in [6.45, 7) is 2.63. The summed E-state index contributed by atoms with van der Waals surface area (Å²) in [5.41, 5.74) is 3.04. The maximum absolute atomic E-state index is 13.3. The number of nitrogens with zero attached hydrogens (tertiary/aromatic N) is 3. The van der Waals surface area contributed by atoms with Crippen molar-refractivity contribution in [3.8, 4) is 11.1 Å². The van der Waals surface area contributed by atoms with Gasteiger partial charge in [0.05, 0.1) is 22.6 Å². The average molecular weight is 561 g/mol. The molecular weight excluding hydrogens is 533 g/mol.